The lowest BCUT2D eigenvalue weighted by molar-refractivity contribution is -0.120. The third kappa shape index (κ3) is 6.55. The van der Waals surface area contributed by atoms with E-state index in [1.807, 2.05) is 0 Å². The van der Waals surface area contributed by atoms with Crippen LogP contribution in [0.2, 0.25) is 0 Å². The minimum atomic E-state index is -4.08. The highest BCUT2D eigenvalue weighted by atomic mass is 31.2. The van der Waals surface area contributed by atoms with Crippen molar-refractivity contribution in [2.45, 2.75) is 44.7 Å². The molecule has 1 atom stereocenters. The van der Waals surface area contributed by atoms with E-state index in [0.29, 0.717) is 12.7 Å². The van der Waals surface area contributed by atoms with Crippen molar-refractivity contribution >= 4 is 19.7 Å². The van der Waals surface area contributed by atoms with Crippen molar-refractivity contribution in [1.29, 1.82) is 0 Å². The summed E-state index contributed by atoms with van der Waals surface area (Å²) in [5.41, 5.74) is -0.738. The molecule has 0 aliphatic rings. The van der Waals surface area contributed by atoms with E-state index in [2.05, 4.69) is 0 Å². The molecule has 5 nitrogen and oxygen atoms in total. The molecule has 0 amide bonds. The minimum Gasteiger partial charge on any atom is -0.324 e. The molecule has 0 aromatic rings. The van der Waals surface area contributed by atoms with Crippen LogP contribution in [-0.4, -0.2) is 27.5 Å². The first-order chi connectivity index (χ1) is 6.91. The smallest absolute Gasteiger partial charge is 0.324 e. The van der Waals surface area contributed by atoms with E-state index in [-0.39, 0.29) is 31.5 Å². The Kier molecular flexibility index (Phi) is 6.65. The maximum atomic E-state index is 11.1. The summed E-state index contributed by atoms with van der Waals surface area (Å²) in [5.74, 6) is -0.117. The van der Waals surface area contributed by atoms with Crippen LogP contribution in [0.3, 0.4) is 0 Å². The number of aldehydes is 1. The Bertz CT molecular complexity index is 257. The maximum Gasteiger partial charge on any atom is 0.328 e. The molecule has 0 radical (unpaired) electrons. The SMILES string of the molecule is CCC(CCC(=O)CCC=O)P(=O)(O)O. The molecule has 1 unspecified atom stereocenters. The second-order valence-electron chi connectivity index (χ2n) is 3.43. The fourth-order valence-corrected chi connectivity index (χ4v) is 2.22. The predicted molar refractivity (Wildman–Crippen MR) is 55.7 cm³/mol. The van der Waals surface area contributed by atoms with Gasteiger partial charge < -0.3 is 14.6 Å². The Labute approximate surface area is 89.0 Å². The van der Waals surface area contributed by atoms with Crippen molar-refractivity contribution < 1.29 is 23.9 Å². The number of carbonyl (C=O) groups excluding carboxylic acids is 2. The maximum absolute atomic E-state index is 11.1. The largest absolute Gasteiger partial charge is 0.328 e. The second-order valence-corrected chi connectivity index (χ2v) is 5.34. The molecule has 0 spiro atoms. The highest BCUT2D eigenvalue weighted by Crippen LogP contribution is 2.45. The molecule has 0 aliphatic carbocycles. The van der Waals surface area contributed by atoms with Crippen LogP contribution in [0.4, 0.5) is 0 Å². The fraction of sp³-hybridized carbons (Fsp3) is 0.778. The molecule has 0 saturated heterocycles. The van der Waals surface area contributed by atoms with E-state index in [4.69, 9.17) is 9.79 Å². The summed E-state index contributed by atoms with van der Waals surface area (Å²) in [7, 11) is -4.08. The van der Waals surface area contributed by atoms with Crippen molar-refractivity contribution in [3.63, 3.8) is 0 Å². The third-order valence-electron chi connectivity index (χ3n) is 2.24. The summed E-state index contributed by atoms with van der Waals surface area (Å²) in [6.07, 6.45) is 1.70. The highest BCUT2D eigenvalue weighted by Gasteiger charge is 2.26. The van der Waals surface area contributed by atoms with Gasteiger partial charge in [0, 0.05) is 19.3 Å². The molecule has 0 bridgehead atoms. The highest BCUT2D eigenvalue weighted by molar-refractivity contribution is 7.52. The van der Waals surface area contributed by atoms with Gasteiger partial charge in [0.15, 0.2) is 0 Å². The molecule has 0 aromatic heterocycles. The van der Waals surface area contributed by atoms with Gasteiger partial charge in [0.1, 0.15) is 12.1 Å². The molecule has 2 N–H and O–H groups in total. The molecule has 0 heterocycles. The molecule has 88 valence electrons. The number of hydrogen-bond acceptors (Lipinski definition) is 3. The quantitative estimate of drug-likeness (QED) is 0.489. The van der Waals surface area contributed by atoms with Gasteiger partial charge in [0.05, 0.1) is 5.66 Å². The van der Waals surface area contributed by atoms with Crippen LogP contribution in [0.5, 0.6) is 0 Å². The standard InChI is InChI=1S/C9H17O5P/c1-2-9(15(12,13)14)6-5-8(11)4-3-7-10/h7,9H,2-6H2,1H3,(H2,12,13,14). The van der Waals surface area contributed by atoms with Gasteiger partial charge in [-0.2, -0.15) is 0 Å². The number of hydrogen-bond donors (Lipinski definition) is 2. The number of rotatable bonds is 8. The van der Waals surface area contributed by atoms with Crippen LogP contribution in [-0.2, 0) is 14.2 Å². The van der Waals surface area contributed by atoms with Gasteiger partial charge in [-0.25, -0.2) is 0 Å². The van der Waals surface area contributed by atoms with Crippen molar-refractivity contribution in [2.75, 3.05) is 0 Å². The van der Waals surface area contributed by atoms with E-state index in [0.717, 1.165) is 0 Å². The number of ketones is 1. The van der Waals surface area contributed by atoms with Gasteiger partial charge in [-0.05, 0) is 12.8 Å². The van der Waals surface area contributed by atoms with E-state index < -0.39 is 13.3 Å². The third-order valence-corrected chi connectivity index (χ3v) is 3.82. The molecule has 0 saturated carbocycles. The summed E-state index contributed by atoms with van der Waals surface area (Å²) in [4.78, 5) is 38.9. The zero-order valence-electron chi connectivity index (χ0n) is 8.76. The zero-order valence-corrected chi connectivity index (χ0v) is 9.65. The van der Waals surface area contributed by atoms with Crippen LogP contribution in [0.1, 0.15) is 39.0 Å². The molecule has 15 heavy (non-hydrogen) atoms. The minimum absolute atomic E-state index is 0.117. The first-order valence-electron chi connectivity index (χ1n) is 4.92. The molecular weight excluding hydrogens is 219 g/mol. The topological polar surface area (TPSA) is 91.7 Å². The zero-order chi connectivity index (χ0) is 11.9. The predicted octanol–water partition coefficient (Wildman–Crippen LogP) is 1.27. The average molecular weight is 236 g/mol. The number of carbonyl (C=O) groups is 2. The second kappa shape index (κ2) is 6.88. The summed E-state index contributed by atoms with van der Waals surface area (Å²) < 4.78 is 10.9. The Morgan fingerprint density at radius 3 is 2.40 bits per heavy atom. The van der Waals surface area contributed by atoms with Crippen LogP contribution >= 0.6 is 7.60 Å². The van der Waals surface area contributed by atoms with Gasteiger partial charge in [-0.15, -0.1) is 0 Å². The van der Waals surface area contributed by atoms with E-state index >= 15 is 0 Å². The van der Waals surface area contributed by atoms with E-state index in [1.54, 1.807) is 6.92 Å². The summed E-state index contributed by atoms with van der Waals surface area (Å²) in [6, 6.07) is 0. The first kappa shape index (κ1) is 14.5. The van der Waals surface area contributed by atoms with Gasteiger partial charge in [0.2, 0.25) is 0 Å². The van der Waals surface area contributed by atoms with Crippen molar-refractivity contribution in [3.8, 4) is 0 Å². The molecule has 6 heteroatoms. The molecule has 0 fully saturated rings. The van der Waals surface area contributed by atoms with Gasteiger partial charge in [-0.3, -0.25) is 9.36 Å². The monoisotopic (exact) mass is 236 g/mol. The van der Waals surface area contributed by atoms with E-state index in [1.165, 1.54) is 0 Å². The summed E-state index contributed by atoms with van der Waals surface area (Å²) in [6.45, 7) is 1.68. The van der Waals surface area contributed by atoms with Gasteiger partial charge in [-0.1, -0.05) is 6.92 Å². The van der Waals surface area contributed by atoms with Crippen molar-refractivity contribution in [1.82, 2.24) is 0 Å². The van der Waals surface area contributed by atoms with Crippen LogP contribution in [0, 0.1) is 0 Å². The Balaban J connectivity index is 3.96. The number of Topliss-reactive ketones (excluding diaryl/α,β-unsaturated/α-hetero) is 1. The van der Waals surface area contributed by atoms with Crippen molar-refractivity contribution in [2.24, 2.45) is 0 Å². The average Bonchev–Trinajstić information content (AvgIpc) is 2.13. The molecule has 0 aromatic carbocycles. The van der Waals surface area contributed by atoms with Crippen LogP contribution in [0.15, 0.2) is 0 Å². The lowest BCUT2D eigenvalue weighted by Gasteiger charge is -2.15. The Morgan fingerprint density at radius 2 is 2.00 bits per heavy atom. The summed E-state index contributed by atoms with van der Waals surface area (Å²) in [5, 5.41) is 0. The first-order valence-corrected chi connectivity index (χ1v) is 6.60. The van der Waals surface area contributed by atoms with Gasteiger partial charge >= 0.3 is 7.60 Å². The summed E-state index contributed by atoms with van der Waals surface area (Å²) >= 11 is 0. The van der Waals surface area contributed by atoms with Crippen LogP contribution < -0.4 is 0 Å². The Morgan fingerprint density at radius 1 is 1.40 bits per heavy atom. The fourth-order valence-electron chi connectivity index (χ4n) is 1.28. The molecule has 0 rings (SSSR count). The Hall–Kier alpha value is -0.510. The van der Waals surface area contributed by atoms with Crippen LogP contribution in [0.25, 0.3) is 0 Å². The normalized spacial score (nSPS) is 13.5. The molecular formula is C9H17O5P. The lowest BCUT2D eigenvalue weighted by Crippen LogP contribution is -2.10. The van der Waals surface area contributed by atoms with E-state index in [9.17, 15) is 14.2 Å². The lowest BCUT2D eigenvalue weighted by atomic mass is 10.1. The molecule has 0 aliphatic heterocycles. The van der Waals surface area contributed by atoms with Crippen molar-refractivity contribution in [3.05, 3.63) is 0 Å². The van der Waals surface area contributed by atoms with Gasteiger partial charge in [0.25, 0.3) is 0 Å².